The normalized spacial score (nSPS) is 26.3. The Hall–Kier alpha value is -0.830. The molecule has 1 aromatic rings. The molecule has 0 amide bonds. The lowest BCUT2D eigenvalue weighted by Crippen LogP contribution is -2.53. The fourth-order valence-electron chi connectivity index (χ4n) is 2.40. The standard InChI is InChI=1S/C14H19F4N3S/c1-13(19,10-5-2-3-6-11(10)15)9-22-20-8-4-7-12(21-22)14(16,17)18/h2-3,5-6,12H,4,7-9,19H2,1H3,(H,20,21)/p+1/t12-,13-,22?/m0/s1. The molecule has 3 atom stereocenters. The van der Waals surface area contributed by atoms with Gasteiger partial charge in [-0.25, -0.2) is 4.39 Å². The summed E-state index contributed by atoms with van der Waals surface area (Å²) < 4.78 is 58.3. The Balaban J connectivity index is 2.12. The van der Waals surface area contributed by atoms with Crippen LogP contribution in [0.1, 0.15) is 25.3 Å². The Morgan fingerprint density at radius 1 is 1.32 bits per heavy atom. The van der Waals surface area contributed by atoms with Crippen LogP contribution in [0.3, 0.4) is 0 Å². The minimum Gasteiger partial charge on any atom is -0.318 e. The summed E-state index contributed by atoms with van der Waals surface area (Å²) in [6, 6.07) is 4.54. The van der Waals surface area contributed by atoms with Crippen LogP contribution < -0.4 is 15.2 Å². The Morgan fingerprint density at radius 2 is 2.00 bits per heavy atom. The van der Waals surface area contributed by atoms with Crippen molar-refractivity contribution in [2.75, 3.05) is 12.3 Å². The maximum Gasteiger partial charge on any atom is 0.408 e. The van der Waals surface area contributed by atoms with Crippen molar-refractivity contribution in [3.05, 3.63) is 35.6 Å². The van der Waals surface area contributed by atoms with Crippen molar-refractivity contribution in [3.8, 4) is 0 Å². The van der Waals surface area contributed by atoms with Crippen molar-refractivity contribution in [1.29, 1.82) is 0 Å². The average Bonchev–Trinajstić information content (AvgIpc) is 2.63. The van der Waals surface area contributed by atoms with Crippen LogP contribution in [0.15, 0.2) is 24.3 Å². The highest BCUT2D eigenvalue weighted by Crippen LogP contribution is 2.27. The van der Waals surface area contributed by atoms with Gasteiger partial charge in [0.15, 0.2) is 17.0 Å². The Morgan fingerprint density at radius 3 is 2.64 bits per heavy atom. The molecule has 1 unspecified atom stereocenters. The smallest absolute Gasteiger partial charge is 0.318 e. The van der Waals surface area contributed by atoms with E-state index < -0.39 is 34.8 Å². The largest absolute Gasteiger partial charge is 0.408 e. The predicted molar refractivity (Wildman–Crippen MR) is 80.4 cm³/mol. The van der Waals surface area contributed by atoms with E-state index in [2.05, 4.69) is 9.44 Å². The molecule has 1 aliphatic heterocycles. The van der Waals surface area contributed by atoms with Crippen molar-refractivity contribution < 1.29 is 17.6 Å². The Kier molecular flexibility index (Phi) is 5.37. The maximum atomic E-state index is 13.9. The third-order valence-electron chi connectivity index (χ3n) is 3.56. The average molecular weight is 338 g/mol. The van der Waals surface area contributed by atoms with Crippen LogP contribution in [0.5, 0.6) is 0 Å². The Labute approximate surface area is 130 Å². The summed E-state index contributed by atoms with van der Waals surface area (Å²) in [6.07, 6.45) is -3.83. The molecule has 0 spiro atoms. The van der Waals surface area contributed by atoms with Crippen molar-refractivity contribution in [3.63, 3.8) is 0 Å². The van der Waals surface area contributed by atoms with E-state index in [1.165, 1.54) is 6.07 Å². The molecular weight excluding hydrogens is 318 g/mol. The van der Waals surface area contributed by atoms with E-state index in [0.717, 1.165) is 0 Å². The zero-order valence-electron chi connectivity index (χ0n) is 12.2. The number of rotatable bonds is 3. The van der Waals surface area contributed by atoms with Crippen molar-refractivity contribution in [2.45, 2.75) is 37.5 Å². The van der Waals surface area contributed by atoms with Crippen molar-refractivity contribution >= 4 is 11.3 Å². The molecule has 8 heteroatoms. The third kappa shape index (κ3) is 4.34. The van der Waals surface area contributed by atoms with Crippen LogP contribution in [-0.4, -0.2) is 24.5 Å². The summed E-state index contributed by atoms with van der Waals surface area (Å²) in [4.78, 5) is 0. The monoisotopic (exact) mass is 338 g/mol. The van der Waals surface area contributed by atoms with E-state index in [0.29, 0.717) is 18.5 Å². The number of nitrogens with one attached hydrogen (secondary N) is 2. The molecule has 1 aromatic carbocycles. The van der Waals surface area contributed by atoms with Crippen LogP contribution in [0.25, 0.3) is 0 Å². The van der Waals surface area contributed by atoms with E-state index in [1.807, 2.05) is 0 Å². The molecule has 2 rings (SSSR count). The number of hydrogen-bond donors (Lipinski definition) is 3. The number of halogens is 4. The lowest BCUT2D eigenvalue weighted by atomic mass is 9.95. The molecule has 22 heavy (non-hydrogen) atoms. The van der Waals surface area contributed by atoms with Gasteiger partial charge in [0, 0.05) is 12.1 Å². The zero-order valence-corrected chi connectivity index (χ0v) is 13.0. The van der Waals surface area contributed by atoms with Gasteiger partial charge in [0.1, 0.15) is 11.9 Å². The van der Waals surface area contributed by atoms with Crippen LogP contribution in [0.2, 0.25) is 0 Å². The molecule has 4 N–H and O–H groups in total. The minimum absolute atomic E-state index is 0.0288. The van der Waals surface area contributed by atoms with Gasteiger partial charge in [-0.2, -0.15) is 13.2 Å². The number of alkyl halides is 3. The van der Waals surface area contributed by atoms with Gasteiger partial charge >= 0.3 is 6.18 Å². The van der Waals surface area contributed by atoms with Crippen LogP contribution in [-0.2, 0) is 16.8 Å². The van der Waals surface area contributed by atoms with E-state index in [9.17, 15) is 17.6 Å². The molecule has 1 fully saturated rings. The number of benzene rings is 1. The zero-order chi connectivity index (χ0) is 16.4. The molecule has 0 aliphatic carbocycles. The van der Waals surface area contributed by atoms with Crippen molar-refractivity contribution in [2.24, 2.45) is 5.73 Å². The summed E-state index contributed by atoms with van der Waals surface area (Å²) >= 11 is -0.928. The number of nitrogens with two attached hydrogens (primary N) is 1. The van der Waals surface area contributed by atoms with Crippen molar-refractivity contribution in [1.82, 2.24) is 9.44 Å². The van der Waals surface area contributed by atoms with Gasteiger partial charge in [-0.15, -0.1) is 9.44 Å². The summed E-state index contributed by atoms with van der Waals surface area (Å²) in [5.41, 5.74) is 5.42. The molecule has 1 aliphatic rings. The molecule has 0 aromatic heterocycles. The highest BCUT2D eigenvalue weighted by Gasteiger charge is 2.46. The van der Waals surface area contributed by atoms with Gasteiger partial charge in [-0.05, 0) is 25.8 Å². The molecule has 124 valence electrons. The fraction of sp³-hybridized carbons (Fsp3) is 0.571. The topological polar surface area (TPSA) is 50.1 Å². The molecule has 3 nitrogen and oxygen atoms in total. The maximum absolute atomic E-state index is 13.9. The first-order valence-electron chi connectivity index (χ1n) is 7.01. The molecule has 0 radical (unpaired) electrons. The predicted octanol–water partition coefficient (Wildman–Crippen LogP) is 2.35. The highest BCUT2D eigenvalue weighted by molar-refractivity contribution is 7.93. The first-order chi connectivity index (χ1) is 10.2. The van der Waals surface area contributed by atoms with Gasteiger partial charge < -0.3 is 5.73 Å². The van der Waals surface area contributed by atoms with E-state index in [-0.39, 0.29) is 12.2 Å². The van der Waals surface area contributed by atoms with Gasteiger partial charge in [-0.1, -0.05) is 18.2 Å². The van der Waals surface area contributed by atoms with Gasteiger partial charge in [-0.3, -0.25) is 0 Å². The molecule has 0 saturated carbocycles. The van der Waals surface area contributed by atoms with E-state index in [1.54, 1.807) is 25.1 Å². The van der Waals surface area contributed by atoms with E-state index >= 15 is 0 Å². The highest BCUT2D eigenvalue weighted by atomic mass is 32.2. The fourth-order valence-corrected chi connectivity index (χ4v) is 4.41. The molecular formula is C14H20F4N3S+. The summed E-state index contributed by atoms with van der Waals surface area (Å²) in [7, 11) is 0. The van der Waals surface area contributed by atoms with Gasteiger partial charge in [0.05, 0.1) is 5.54 Å². The van der Waals surface area contributed by atoms with Crippen LogP contribution >= 0.6 is 0 Å². The first kappa shape index (κ1) is 17.5. The quantitative estimate of drug-likeness (QED) is 0.586. The lowest BCUT2D eigenvalue weighted by molar-refractivity contribution is -0.152. The second-order valence-electron chi connectivity index (χ2n) is 5.68. The SMILES string of the molecule is C[C@](N)(C[S+]1NCCC[C@@H](C(F)(F)F)N1)c1ccccc1F. The third-order valence-corrected chi connectivity index (χ3v) is 5.57. The molecule has 1 heterocycles. The van der Waals surface area contributed by atoms with Crippen LogP contribution in [0, 0.1) is 5.82 Å². The molecule has 1 saturated heterocycles. The lowest BCUT2D eigenvalue weighted by Gasteiger charge is -2.25. The van der Waals surface area contributed by atoms with Gasteiger partial charge in [0.25, 0.3) is 0 Å². The van der Waals surface area contributed by atoms with Crippen LogP contribution in [0.4, 0.5) is 17.6 Å². The second-order valence-corrected chi connectivity index (χ2v) is 7.28. The molecule has 0 bridgehead atoms. The summed E-state index contributed by atoms with van der Waals surface area (Å²) in [6.45, 7) is 2.12. The second kappa shape index (κ2) is 6.74. The summed E-state index contributed by atoms with van der Waals surface area (Å²) in [5.74, 6) is -0.265. The Bertz CT molecular complexity index is 507. The summed E-state index contributed by atoms with van der Waals surface area (Å²) in [5, 5.41) is 0. The first-order valence-corrected chi connectivity index (χ1v) is 8.41. The number of hydrogen-bond acceptors (Lipinski definition) is 3. The van der Waals surface area contributed by atoms with Gasteiger partial charge in [0.2, 0.25) is 0 Å². The minimum atomic E-state index is -4.29. The van der Waals surface area contributed by atoms with E-state index in [4.69, 9.17) is 5.73 Å².